The molecule has 134 valence electrons. The number of rotatable bonds is 5. The number of likely N-dealkylation sites (tertiary alicyclic amines) is 1. The minimum Gasteiger partial charge on any atom is -0.328 e. The summed E-state index contributed by atoms with van der Waals surface area (Å²) in [7, 11) is 0. The van der Waals surface area contributed by atoms with Crippen molar-refractivity contribution < 1.29 is 9.59 Å². The van der Waals surface area contributed by atoms with Crippen molar-refractivity contribution in [2.45, 2.75) is 38.8 Å². The van der Waals surface area contributed by atoms with E-state index in [9.17, 15) is 9.59 Å². The van der Waals surface area contributed by atoms with E-state index < -0.39 is 5.41 Å². The number of carbonyl (C=O) groups excluding carboxylic acids is 2. The minimum absolute atomic E-state index is 0.118. The van der Waals surface area contributed by atoms with Crippen LogP contribution in [0, 0.1) is 5.41 Å². The van der Waals surface area contributed by atoms with Crippen molar-refractivity contribution in [2.75, 3.05) is 0 Å². The van der Waals surface area contributed by atoms with Gasteiger partial charge in [-0.2, -0.15) is 0 Å². The maximum Gasteiger partial charge on any atom is 0.240 e. The van der Waals surface area contributed by atoms with Crippen LogP contribution >= 0.6 is 0 Å². The molecule has 0 spiro atoms. The summed E-state index contributed by atoms with van der Waals surface area (Å²) in [5.41, 5.74) is 0.0436. The van der Waals surface area contributed by atoms with Crippen LogP contribution in [0.3, 0.4) is 0 Å². The van der Waals surface area contributed by atoms with Gasteiger partial charge in [0.05, 0.1) is 6.04 Å². The first kappa shape index (κ1) is 18.1. The van der Waals surface area contributed by atoms with E-state index in [1.807, 2.05) is 74.2 Å². The number of hydrogen-bond donors (Lipinski definition) is 0. The first-order chi connectivity index (χ1) is 12.3. The zero-order valence-corrected chi connectivity index (χ0v) is 15.6. The lowest BCUT2D eigenvalue weighted by Crippen LogP contribution is -2.71. The second-order valence-corrected chi connectivity index (χ2v) is 7.82. The van der Waals surface area contributed by atoms with E-state index >= 15 is 0 Å². The highest BCUT2D eigenvalue weighted by atomic mass is 16.2. The number of allylic oxidation sites excluding steroid dienone is 1. The molecule has 0 bridgehead atoms. The molecule has 26 heavy (non-hydrogen) atoms. The van der Waals surface area contributed by atoms with Crippen LogP contribution < -0.4 is 0 Å². The molecule has 1 heterocycles. The Balaban J connectivity index is 2.17. The Labute approximate surface area is 155 Å². The average Bonchev–Trinajstić information content (AvgIpc) is 2.63. The number of Topliss-reactive ketones (excluding diaryl/α,β-unsaturated/α-hetero) is 1. The van der Waals surface area contributed by atoms with Crippen LogP contribution in [0.5, 0.6) is 0 Å². The molecule has 1 aliphatic rings. The molecule has 0 aliphatic carbocycles. The average molecular weight is 347 g/mol. The van der Waals surface area contributed by atoms with E-state index in [2.05, 4.69) is 6.58 Å². The topological polar surface area (TPSA) is 37.4 Å². The van der Waals surface area contributed by atoms with Crippen LogP contribution in [-0.2, 0) is 4.79 Å². The van der Waals surface area contributed by atoms with Crippen LogP contribution in [0.2, 0.25) is 0 Å². The van der Waals surface area contributed by atoms with E-state index in [1.165, 1.54) is 0 Å². The Morgan fingerprint density at radius 2 is 1.62 bits per heavy atom. The van der Waals surface area contributed by atoms with Crippen molar-refractivity contribution in [3.05, 3.63) is 84.4 Å². The standard InChI is InChI=1S/C23H25NO2/c1-5-16-23(20(25)18-14-10-7-11-15-18)19(17-12-8-6-9-13-17)24(21(23)26)22(2,3)4/h5-15,19H,1,16H2,2-4H3/t19-,23-/m0/s1. The predicted molar refractivity (Wildman–Crippen MR) is 104 cm³/mol. The van der Waals surface area contributed by atoms with Crippen LogP contribution in [0.25, 0.3) is 0 Å². The summed E-state index contributed by atoms with van der Waals surface area (Å²) in [6.07, 6.45) is 2.01. The summed E-state index contributed by atoms with van der Waals surface area (Å²) < 4.78 is 0. The number of nitrogens with zero attached hydrogens (tertiary/aromatic N) is 1. The van der Waals surface area contributed by atoms with E-state index in [1.54, 1.807) is 18.2 Å². The van der Waals surface area contributed by atoms with E-state index in [0.29, 0.717) is 12.0 Å². The summed E-state index contributed by atoms with van der Waals surface area (Å²) >= 11 is 0. The molecule has 0 N–H and O–H groups in total. The van der Waals surface area contributed by atoms with Crippen molar-refractivity contribution >= 4 is 11.7 Å². The summed E-state index contributed by atoms with van der Waals surface area (Å²) in [5.74, 6) is -0.245. The quantitative estimate of drug-likeness (QED) is 0.337. The van der Waals surface area contributed by atoms with Gasteiger partial charge in [0.1, 0.15) is 5.41 Å². The zero-order valence-electron chi connectivity index (χ0n) is 15.6. The van der Waals surface area contributed by atoms with Crippen LogP contribution in [-0.4, -0.2) is 22.1 Å². The van der Waals surface area contributed by atoms with Gasteiger partial charge in [-0.15, -0.1) is 6.58 Å². The van der Waals surface area contributed by atoms with Gasteiger partial charge in [-0.05, 0) is 32.8 Å². The third kappa shape index (κ3) is 2.68. The highest BCUT2D eigenvalue weighted by Crippen LogP contribution is 2.56. The summed E-state index contributed by atoms with van der Waals surface area (Å²) in [6, 6.07) is 18.6. The van der Waals surface area contributed by atoms with Gasteiger partial charge in [-0.3, -0.25) is 9.59 Å². The highest BCUT2D eigenvalue weighted by Gasteiger charge is 2.66. The second kappa shape index (κ2) is 6.56. The molecule has 3 rings (SSSR count). The predicted octanol–water partition coefficient (Wildman–Crippen LogP) is 4.81. The van der Waals surface area contributed by atoms with Crippen molar-refractivity contribution in [3.63, 3.8) is 0 Å². The Morgan fingerprint density at radius 3 is 2.12 bits per heavy atom. The maximum absolute atomic E-state index is 13.5. The lowest BCUT2D eigenvalue weighted by Gasteiger charge is -2.60. The van der Waals surface area contributed by atoms with Gasteiger partial charge in [0.25, 0.3) is 0 Å². The molecule has 3 heteroatoms. The molecule has 2 aromatic carbocycles. The lowest BCUT2D eigenvalue weighted by atomic mass is 9.60. The molecule has 0 radical (unpaired) electrons. The van der Waals surface area contributed by atoms with Crippen LogP contribution in [0.1, 0.15) is 49.2 Å². The smallest absolute Gasteiger partial charge is 0.240 e. The van der Waals surface area contributed by atoms with Gasteiger partial charge < -0.3 is 4.90 Å². The monoisotopic (exact) mass is 347 g/mol. The summed E-state index contributed by atoms with van der Waals surface area (Å²) in [5, 5.41) is 0. The number of amides is 1. The van der Waals surface area contributed by atoms with E-state index in [4.69, 9.17) is 0 Å². The fourth-order valence-electron chi connectivity index (χ4n) is 3.95. The molecular formula is C23H25NO2. The largest absolute Gasteiger partial charge is 0.328 e. The Hall–Kier alpha value is -2.68. The van der Waals surface area contributed by atoms with Gasteiger partial charge in [0, 0.05) is 11.1 Å². The number of hydrogen-bond acceptors (Lipinski definition) is 2. The van der Waals surface area contributed by atoms with Gasteiger partial charge >= 0.3 is 0 Å². The number of carbonyl (C=O) groups is 2. The Kier molecular flexibility index (Phi) is 4.57. The molecule has 2 aromatic rings. The van der Waals surface area contributed by atoms with Crippen molar-refractivity contribution in [1.29, 1.82) is 0 Å². The lowest BCUT2D eigenvalue weighted by molar-refractivity contribution is -0.177. The highest BCUT2D eigenvalue weighted by molar-refractivity contribution is 6.18. The van der Waals surface area contributed by atoms with Crippen LogP contribution in [0.4, 0.5) is 0 Å². The third-order valence-electron chi connectivity index (χ3n) is 5.07. The molecule has 0 unspecified atom stereocenters. The maximum atomic E-state index is 13.5. The number of β-lactam (4-membered cyclic amide) rings is 1. The molecule has 1 saturated heterocycles. The second-order valence-electron chi connectivity index (χ2n) is 7.82. The van der Waals surface area contributed by atoms with E-state index in [-0.39, 0.29) is 23.3 Å². The van der Waals surface area contributed by atoms with Crippen molar-refractivity contribution in [1.82, 2.24) is 4.90 Å². The van der Waals surface area contributed by atoms with Gasteiger partial charge in [-0.1, -0.05) is 66.7 Å². The van der Waals surface area contributed by atoms with Crippen molar-refractivity contribution in [2.24, 2.45) is 5.41 Å². The van der Waals surface area contributed by atoms with Crippen LogP contribution in [0.15, 0.2) is 73.3 Å². The first-order valence-electron chi connectivity index (χ1n) is 8.93. The minimum atomic E-state index is -1.13. The molecule has 2 atom stereocenters. The summed E-state index contributed by atoms with van der Waals surface area (Å²) in [6.45, 7) is 9.85. The molecule has 0 aromatic heterocycles. The molecule has 3 nitrogen and oxygen atoms in total. The fourth-order valence-corrected chi connectivity index (χ4v) is 3.95. The third-order valence-corrected chi connectivity index (χ3v) is 5.07. The fraction of sp³-hybridized carbons (Fsp3) is 0.304. The zero-order chi connectivity index (χ0) is 18.9. The Bertz CT molecular complexity index is 820. The van der Waals surface area contributed by atoms with Crippen molar-refractivity contribution in [3.8, 4) is 0 Å². The first-order valence-corrected chi connectivity index (χ1v) is 8.93. The van der Waals surface area contributed by atoms with E-state index in [0.717, 1.165) is 5.56 Å². The molecule has 1 amide bonds. The number of ketones is 1. The number of benzene rings is 2. The van der Waals surface area contributed by atoms with Gasteiger partial charge in [0.2, 0.25) is 5.91 Å². The molecule has 1 fully saturated rings. The Morgan fingerprint density at radius 1 is 1.08 bits per heavy atom. The van der Waals surface area contributed by atoms with Gasteiger partial charge in [-0.25, -0.2) is 0 Å². The molecule has 0 saturated carbocycles. The molecular weight excluding hydrogens is 322 g/mol. The summed E-state index contributed by atoms with van der Waals surface area (Å²) in [4.78, 5) is 28.7. The SMILES string of the molecule is C=CC[C@]1(C(=O)c2ccccc2)C(=O)N(C(C)(C)C)[C@H]1c1ccccc1. The molecule has 1 aliphatic heterocycles. The normalized spacial score (nSPS) is 22.7. The van der Waals surface area contributed by atoms with Gasteiger partial charge in [0.15, 0.2) is 5.78 Å².